The molecule has 2 aromatic heterocycles. The lowest BCUT2D eigenvalue weighted by Gasteiger charge is -2.14. The molecule has 0 spiro atoms. The average Bonchev–Trinajstić information content (AvgIpc) is 2.68. The van der Waals surface area contributed by atoms with Gasteiger partial charge in [-0.3, -0.25) is 10.3 Å². The smallest absolute Gasteiger partial charge is 0.229 e. The van der Waals surface area contributed by atoms with Crippen molar-refractivity contribution in [3.05, 3.63) is 77.6 Å². The van der Waals surface area contributed by atoms with E-state index in [4.69, 9.17) is 12.2 Å². The van der Waals surface area contributed by atoms with Crippen LogP contribution in [0.5, 0.6) is 0 Å². The first-order chi connectivity index (χ1) is 14.0. The standard InChI is InChI=1S/C20H20FN7S/c1-13-10-14(2)25-19(24-13)27-18(23-12-15-4-3-9-22-11-15)28-20(29)26-17-7-5-16(21)6-8-17/h3-11H,12H2,1-2H3,(H3,23,24,25,26,27,28,29). The Bertz CT molecular complexity index is 987. The van der Waals surface area contributed by atoms with Crippen LogP contribution in [0, 0.1) is 19.7 Å². The first-order valence-electron chi connectivity index (χ1n) is 8.84. The fourth-order valence-corrected chi connectivity index (χ4v) is 2.68. The molecule has 0 aliphatic heterocycles. The topological polar surface area (TPSA) is 87.1 Å². The number of aromatic nitrogens is 3. The summed E-state index contributed by atoms with van der Waals surface area (Å²) in [6.45, 7) is 4.16. The van der Waals surface area contributed by atoms with Crippen LogP contribution in [-0.2, 0) is 6.54 Å². The van der Waals surface area contributed by atoms with Crippen molar-refractivity contribution in [2.75, 3.05) is 10.6 Å². The molecule has 3 N–H and O–H groups in total. The summed E-state index contributed by atoms with van der Waals surface area (Å²) in [6, 6.07) is 11.5. The lowest BCUT2D eigenvalue weighted by atomic mass is 10.3. The van der Waals surface area contributed by atoms with Gasteiger partial charge >= 0.3 is 0 Å². The van der Waals surface area contributed by atoms with E-state index in [1.54, 1.807) is 24.5 Å². The van der Waals surface area contributed by atoms with Crippen molar-refractivity contribution in [3.8, 4) is 0 Å². The number of benzene rings is 1. The zero-order valence-corrected chi connectivity index (χ0v) is 16.8. The minimum absolute atomic E-state index is 0.290. The van der Waals surface area contributed by atoms with Crippen molar-refractivity contribution < 1.29 is 4.39 Å². The quantitative estimate of drug-likeness (QED) is 0.345. The van der Waals surface area contributed by atoms with Crippen LogP contribution < -0.4 is 16.0 Å². The van der Waals surface area contributed by atoms with E-state index in [1.165, 1.54) is 12.1 Å². The molecule has 0 radical (unpaired) electrons. The number of nitrogens with one attached hydrogen (secondary N) is 3. The highest BCUT2D eigenvalue weighted by molar-refractivity contribution is 7.80. The van der Waals surface area contributed by atoms with E-state index in [9.17, 15) is 4.39 Å². The van der Waals surface area contributed by atoms with Gasteiger partial charge in [0.15, 0.2) is 5.11 Å². The van der Waals surface area contributed by atoms with Crippen molar-refractivity contribution in [1.82, 2.24) is 20.3 Å². The largest absolute Gasteiger partial charge is 0.332 e. The molecule has 0 saturated heterocycles. The number of hydrogen-bond donors (Lipinski definition) is 3. The fourth-order valence-electron chi connectivity index (χ4n) is 2.46. The summed E-state index contributed by atoms with van der Waals surface area (Å²) in [7, 11) is 0. The Morgan fingerprint density at radius 1 is 1.07 bits per heavy atom. The summed E-state index contributed by atoms with van der Waals surface area (Å²) < 4.78 is 13.1. The molecule has 7 nitrogen and oxygen atoms in total. The number of thiocarbonyl (C=S) groups is 1. The van der Waals surface area contributed by atoms with E-state index in [0.29, 0.717) is 29.3 Å². The molecule has 3 rings (SSSR count). The molecule has 0 aliphatic rings. The van der Waals surface area contributed by atoms with Crippen molar-refractivity contribution >= 4 is 34.9 Å². The van der Waals surface area contributed by atoms with Crippen LogP contribution in [0.15, 0.2) is 59.9 Å². The second kappa shape index (κ2) is 9.65. The molecule has 3 aromatic rings. The van der Waals surface area contributed by atoms with Gasteiger partial charge in [0.05, 0.1) is 6.54 Å². The van der Waals surface area contributed by atoms with Crippen molar-refractivity contribution in [1.29, 1.82) is 0 Å². The SMILES string of the molecule is Cc1cc(C)nc(NC(=NCc2cccnc2)NC(=S)Nc2ccc(F)cc2)n1. The Hall–Kier alpha value is -3.46. The van der Waals surface area contributed by atoms with Gasteiger partial charge in [-0.05, 0) is 68.0 Å². The summed E-state index contributed by atoms with van der Waals surface area (Å²) in [6.07, 6.45) is 3.44. The number of aryl methyl sites for hydroxylation is 2. The lowest BCUT2D eigenvalue weighted by molar-refractivity contribution is 0.628. The summed E-state index contributed by atoms with van der Waals surface area (Å²) in [5, 5.41) is 9.34. The zero-order chi connectivity index (χ0) is 20.6. The molecule has 0 fully saturated rings. The van der Waals surface area contributed by atoms with Gasteiger partial charge < -0.3 is 10.6 Å². The van der Waals surface area contributed by atoms with E-state index < -0.39 is 0 Å². The van der Waals surface area contributed by atoms with Gasteiger partial charge in [-0.2, -0.15) is 0 Å². The minimum Gasteiger partial charge on any atom is -0.332 e. The molecule has 0 unspecified atom stereocenters. The summed E-state index contributed by atoms with van der Waals surface area (Å²) in [4.78, 5) is 17.4. The lowest BCUT2D eigenvalue weighted by Crippen LogP contribution is -2.39. The van der Waals surface area contributed by atoms with Crippen LogP contribution in [0.4, 0.5) is 16.0 Å². The Balaban J connectivity index is 1.75. The highest BCUT2D eigenvalue weighted by atomic mass is 32.1. The molecule has 148 valence electrons. The number of halogens is 1. The first-order valence-corrected chi connectivity index (χ1v) is 9.25. The molecule has 9 heteroatoms. The highest BCUT2D eigenvalue weighted by Gasteiger charge is 2.07. The van der Waals surface area contributed by atoms with Gasteiger partial charge in [0.25, 0.3) is 0 Å². The van der Waals surface area contributed by atoms with E-state index in [-0.39, 0.29) is 5.82 Å². The Labute approximate surface area is 173 Å². The number of anilines is 2. The first kappa shape index (κ1) is 20.3. The van der Waals surface area contributed by atoms with E-state index in [0.717, 1.165) is 17.0 Å². The van der Waals surface area contributed by atoms with Gasteiger partial charge in [0.1, 0.15) is 5.82 Å². The van der Waals surface area contributed by atoms with Crippen LogP contribution in [-0.4, -0.2) is 26.0 Å². The second-order valence-electron chi connectivity index (χ2n) is 6.21. The Kier molecular flexibility index (Phi) is 6.75. The number of aliphatic imine (C=N–C) groups is 1. The maximum absolute atomic E-state index is 13.1. The molecular formula is C20H20FN7S. The molecule has 0 bridgehead atoms. The van der Waals surface area contributed by atoms with Crippen LogP contribution in [0.1, 0.15) is 17.0 Å². The molecule has 2 heterocycles. The van der Waals surface area contributed by atoms with Crippen LogP contribution >= 0.6 is 12.2 Å². The molecule has 0 saturated carbocycles. The maximum atomic E-state index is 13.1. The molecule has 0 atom stereocenters. The van der Waals surface area contributed by atoms with Crippen molar-refractivity contribution in [2.45, 2.75) is 20.4 Å². The number of guanidine groups is 1. The van der Waals surface area contributed by atoms with Crippen LogP contribution in [0.25, 0.3) is 0 Å². The summed E-state index contributed by atoms with van der Waals surface area (Å²) in [5.41, 5.74) is 3.25. The third kappa shape index (κ3) is 6.58. The minimum atomic E-state index is -0.318. The highest BCUT2D eigenvalue weighted by Crippen LogP contribution is 2.08. The third-order valence-corrected chi connectivity index (χ3v) is 3.89. The Morgan fingerprint density at radius 3 is 2.45 bits per heavy atom. The van der Waals surface area contributed by atoms with Gasteiger partial charge in [0, 0.05) is 29.5 Å². The van der Waals surface area contributed by atoms with E-state index in [2.05, 4.69) is 35.9 Å². The Morgan fingerprint density at radius 2 is 1.79 bits per heavy atom. The molecular weight excluding hydrogens is 389 g/mol. The van der Waals surface area contributed by atoms with E-state index in [1.807, 2.05) is 32.0 Å². The molecule has 1 aromatic carbocycles. The van der Waals surface area contributed by atoms with E-state index >= 15 is 0 Å². The van der Waals surface area contributed by atoms with Crippen LogP contribution in [0.2, 0.25) is 0 Å². The summed E-state index contributed by atoms with van der Waals surface area (Å²) >= 11 is 5.35. The van der Waals surface area contributed by atoms with Gasteiger partial charge in [0.2, 0.25) is 11.9 Å². The number of hydrogen-bond acceptors (Lipinski definition) is 5. The number of pyridine rings is 1. The van der Waals surface area contributed by atoms with Gasteiger partial charge in [-0.25, -0.2) is 19.4 Å². The normalized spacial score (nSPS) is 11.1. The fraction of sp³-hybridized carbons (Fsp3) is 0.150. The van der Waals surface area contributed by atoms with Gasteiger partial charge in [-0.1, -0.05) is 6.07 Å². The summed E-state index contributed by atoms with van der Waals surface area (Å²) in [5.74, 6) is 0.463. The second-order valence-corrected chi connectivity index (χ2v) is 6.62. The maximum Gasteiger partial charge on any atom is 0.229 e. The number of rotatable bonds is 4. The average molecular weight is 409 g/mol. The van der Waals surface area contributed by atoms with Crippen molar-refractivity contribution in [3.63, 3.8) is 0 Å². The predicted molar refractivity (Wildman–Crippen MR) is 116 cm³/mol. The molecule has 0 amide bonds. The monoisotopic (exact) mass is 409 g/mol. The third-order valence-electron chi connectivity index (χ3n) is 3.69. The molecule has 29 heavy (non-hydrogen) atoms. The number of nitrogens with zero attached hydrogens (tertiary/aromatic N) is 4. The zero-order valence-electron chi connectivity index (χ0n) is 16.0. The predicted octanol–water partition coefficient (Wildman–Crippen LogP) is 3.58. The molecule has 0 aliphatic carbocycles. The van der Waals surface area contributed by atoms with Crippen molar-refractivity contribution in [2.24, 2.45) is 4.99 Å². The van der Waals surface area contributed by atoms with Gasteiger partial charge in [-0.15, -0.1) is 0 Å². The van der Waals surface area contributed by atoms with Crippen LogP contribution in [0.3, 0.4) is 0 Å².